The SMILES string of the molecule is CCCN(CCn1ccnc1C)C1COCC1C(=O)O. The lowest BCUT2D eigenvalue weighted by Gasteiger charge is -2.30. The molecule has 1 aliphatic heterocycles. The van der Waals surface area contributed by atoms with Gasteiger partial charge in [0.2, 0.25) is 0 Å². The lowest BCUT2D eigenvalue weighted by atomic mass is 10.0. The van der Waals surface area contributed by atoms with E-state index in [2.05, 4.69) is 21.4 Å². The van der Waals surface area contributed by atoms with Gasteiger partial charge in [0.1, 0.15) is 5.82 Å². The fraction of sp³-hybridized carbons (Fsp3) is 0.714. The quantitative estimate of drug-likeness (QED) is 0.807. The van der Waals surface area contributed by atoms with Gasteiger partial charge in [-0.1, -0.05) is 6.92 Å². The third-order valence-corrected chi connectivity index (χ3v) is 3.90. The van der Waals surface area contributed by atoms with E-state index in [0.29, 0.717) is 13.2 Å². The lowest BCUT2D eigenvalue weighted by Crippen LogP contribution is -2.45. The monoisotopic (exact) mass is 281 g/mol. The van der Waals surface area contributed by atoms with Crippen LogP contribution in [0.3, 0.4) is 0 Å². The second-order valence-corrected chi connectivity index (χ2v) is 5.25. The van der Waals surface area contributed by atoms with Gasteiger partial charge < -0.3 is 14.4 Å². The number of carbonyl (C=O) groups is 1. The van der Waals surface area contributed by atoms with Crippen molar-refractivity contribution in [3.05, 3.63) is 18.2 Å². The molecule has 2 unspecified atom stereocenters. The molecule has 0 bridgehead atoms. The Bertz CT molecular complexity index is 447. The predicted molar refractivity (Wildman–Crippen MR) is 74.6 cm³/mol. The fourth-order valence-corrected chi connectivity index (χ4v) is 2.75. The van der Waals surface area contributed by atoms with E-state index in [4.69, 9.17) is 4.74 Å². The zero-order chi connectivity index (χ0) is 14.5. The Hall–Kier alpha value is -1.40. The Morgan fingerprint density at radius 1 is 1.55 bits per heavy atom. The molecule has 0 amide bonds. The second kappa shape index (κ2) is 6.85. The van der Waals surface area contributed by atoms with E-state index in [0.717, 1.165) is 31.9 Å². The molecular formula is C14H23N3O3. The molecule has 6 heteroatoms. The van der Waals surface area contributed by atoms with Gasteiger partial charge >= 0.3 is 5.97 Å². The predicted octanol–water partition coefficient (Wildman–Crippen LogP) is 1.00. The first kappa shape index (κ1) is 15.0. The number of aliphatic carboxylic acids is 1. The Morgan fingerprint density at radius 2 is 2.35 bits per heavy atom. The van der Waals surface area contributed by atoms with E-state index in [-0.39, 0.29) is 6.04 Å². The summed E-state index contributed by atoms with van der Waals surface area (Å²) in [5, 5.41) is 9.28. The highest BCUT2D eigenvalue weighted by Crippen LogP contribution is 2.20. The summed E-state index contributed by atoms with van der Waals surface area (Å²) in [6.45, 7) is 7.47. The number of hydrogen-bond acceptors (Lipinski definition) is 4. The molecule has 1 aromatic rings. The Morgan fingerprint density at radius 3 is 2.95 bits per heavy atom. The molecule has 1 aliphatic rings. The molecule has 2 rings (SSSR count). The van der Waals surface area contributed by atoms with Crippen molar-refractivity contribution in [2.24, 2.45) is 5.92 Å². The molecule has 0 spiro atoms. The summed E-state index contributed by atoms with van der Waals surface area (Å²) in [6, 6.07) is -0.0173. The molecule has 112 valence electrons. The molecule has 0 radical (unpaired) electrons. The van der Waals surface area contributed by atoms with Crippen LogP contribution in [0.2, 0.25) is 0 Å². The van der Waals surface area contributed by atoms with Crippen LogP contribution in [0.15, 0.2) is 12.4 Å². The van der Waals surface area contributed by atoms with Gasteiger partial charge in [-0.25, -0.2) is 4.98 Å². The normalized spacial score (nSPS) is 22.6. The third-order valence-electron chi connectivity index (χ3n) is 3.90. The molecule has 1 N–H and O–H groups in total. The van der Waals surface area contributed by atoms with E-state index in [1.54, 1.807) is 6.20 Å². The standard InChI is InChI=1S/C14H23N3O3/c1-3-5-17(8-7-16-6-4-15-11(16)2)13-10-20-9-12(13)14(18)19/h4,6,12-13H,3,5,7-10H2,1-2H3,(H,18,19). The van der Waals surface area contributed by atoms with E-state index >= 15 is 0 Å². The summed E-state index contributed by atoms with van der Waals surface area (Å²) in [6.07, 6.45) is 4.75. The summed E-state index contributed by atoms with van der Waals surface area (Å²) in [5.41, 5.74) is 0. The van der Waals surface area contributed by atoms with Crippen LogP contribution in [0.25, 0.3) is 0 Å². The third kappa shape index (κ3) is 3.37. The van der Waals surface area contributed by atoms with Crippen molar-refractivity contribution in [1.82, 2.24) is 14.5 Å². The highest BCUT2D eigenvalue weighted by molar-refractivity contribution is 5.71. The minimum Gasteiger partial charge on any atom is -0.481 e. The molecule has 20 heavy (non-hydrogen) atoms. The summed E-state index contributed by atoms with van der Waals surface area (Å²) < 4.78 is 7.47. The molecule has 2 heterocycles. The van der Waals surface area contributed by atoms with Gasteiger partial charge in [0.05, 0.1) is 19.1 Å². The lowest BCUT2D eigenvalue weighted by molar-refractivity contribution is -0.143. The number of aromatic nitrogens is 2. The van der Waals surface area contributed by atoms with E-state index in [9.17, 15) is 9.90 Å². The minimum absolute atomic E-state index is 0.0173. The van der Waals surface area contributed by atoms with Gasteiger partial charge in [-0.2, -0.15) is 0 Å². The van der Waals surface area contributed by atoms with Crippen LogP contribution in [-0.4, -0.2) is 57.9 Å². The van der Waals surface area contributed by atoms with Crippen molar-refractivity contribution in [2.75, 3.05) is 26.3 Å². The molecule has 1 aromatic heterocycles. The molecule has 0 aliphatic carbocycles. The minimum atomic E-state index is -0.757. The first-order chi connectivity index (χ1) is 9.63. The Labute approximate surface area is 119 Å². The number of rotatable bonds is 7. The van der Waals surface area contributed by atoms with E-state index in [1.807, 2.05) is 13.1 Å². The smallest absolute Gasteiger partial charge is 0.310 e. The summed E-state index contributed by atoms with van der Waals surface area (Å²) in [7, 11) is 0. The highest BCUT2D eigenvalue weighted by Gasteiger charge is 2.37. The molecule has 0 saturated carbocycles. The Kier molecular flexibility index (Phi) is 5.14. The number of carboxylic acids is 1. The topological polar surface area (TPSA) is 67.6 Å². The van der Waals surface area contributed by atoms with Crippen molar-refractivity contribution in [3.8, 4) is 0 Å². The largest absolute Gasteiger partial charge is 0.481 e. The fourth-order valence-electron chi connectivity index (χ4n) is 2.75. The molecule has 0 aromatic carbocycles. The maximum Gasteiger partial charge on any atom is 0.310 e. The maximum atomic E-state index is 11.3. The second-order valence-electron chi connectivity index (χ2n) is 5.25. The molecule has 2 atom stereocenters. The van der Waals surface area contributed by atoms with Gasteiger partial charge in [-0.05, 0) is 19.9 Å². The van der Waals surface area contributed by atoms with Crippen molar-refractivity contribution in [3.63, 3.8) is 0 Å². The highest BCUT2D eigenvalue weighted by atomic mass is 16.5. The average Bonchev–Trinajstić information content (AvgIpc) is 3.03. The number of imidazole rings is 1. The zero-order valence-electron chi connectivity index (χ0n) is 12.2. The average molecular weight is 281 g/mol. The van der Waals surface area contributed by atoms with Crippen LogP contribution < -0.4 is 0 Å². The van der Waals surface area contributed by atoms with Crippen LogP contribution in [0.1, 0.15) is 19.2 Å². The molecular weight excluding hydrogens is 258 g/mol. The van der Waals surface area contributed by atoms with Gasteiger partial charge in [0.25, 0.3) is 0 Å². The summed E-state index contributed by atoms with van der Waals surface area (Å²) >= 11 is 0. The summed E-state index contributed by atoms with van der Waals surface area (Å²) in [4.78, 5) is 17.7. The number of nitrogens with zero attached hydrogens (tertiary/aromatic N) is 3. The van der Waals surface area contributed by atoms with E-state index < -0.39 is 11.9 Å². The first-order valence-electron chi connectivity index (χ1n) is 7.15. The van der Waals surface area contributed by atoms with Gasteiger partial charge in [0.15, 0.2) is 0 Å². The van der Waals surface area contributed by atoms with Crippen molar-refractivity contribution in [2.45, 2.75) is 32.9 Å². The van der Waals surface area contributed by atoms with Crippen LogP contribution in [0.4, 0.5) is 0 Å². The number of hydrogen-bond donors (Lipinski definition) is 1. The van der Waals surface area contributed by atoms with Gasteiger partial charge in [-0.3, -0.25) is 9.69 Å². The Balaban J connectivity index is 1.99. The van der Waals surface area contributed by atoms with Crippen LogP contribution in [-0.2, 0) is 16.1 Å². The maximum absolute atomic E-state index is 11.3. The number of aryl methyl sites for hydroxylation is 1. The van der Waals surface area contributed by atoms with E-state index in [1.165, 1.54) is 0 Å². The molecule has 1 fully saturated rings. The molecule has 6 nitrogen and oxygen atoms in total. The number of ether oxygens (including phenoxy) is 1. The van der Waals surface area contributed by atoms with Crippen LogP contribution in [0, 0.1) is 12.8 Å². The van der Waals surface area contributed by atoms with Gasteiger partial charge in [-0.15, -0.1) is 0 Å². The van der Waals surface area contributed by atoms with Crippen LogP contribution >= 0.6 is 0 Å². The van der Waals surface area contributed by atoms with Gasteiger partial charge in [0, 0.05) is 31.5 Å². The summed E-state index contributed by atoms with van der Waals surface area (Å²) in [5.74, 6) is -0.184. The number of carboxylic acid groups (broad SMARTS) is 1. The van der Waals surface area contributed by atoms with Crippen molar-refractivity contribution in [1.29, 1.82) is 0 Å². The van der Waals surface area contributed by atoms with Crippen LogP contribution in [0.5, 0.6) is 0 Å². The van der Waals surface area contributed by atoms with Crippen molar-refractivity contribution >= 4 is 5.97 Å². The molecule has 1 saturated heterocycles. The van der Waals surface area contributed by atoms with Crippen molar-refractivity contribution < 1.29 is 14.6 Å². The zero-order valence-corrected chi connectivity index (χ0v) is 12.2. The first-order valence-corrected chi connectivity index (χ1v) is 7.15.